The van der Waals surface area contributed by atoms with E-state index in [1.54, 1.807) is 13.0 Å². The Morgan fingerprint density at radius 3 is 2.84 bits per heavy atom. The van der Waals surface area contributed by atoms with Gasteiger partial charge in [-0.1, -0.05) is 17.7 Å². The third-order valence-corrected chi connectivity index (χ3v) is 2.45. The standard InChI is InChI=1S/C11H10ClFN6/c1-6-16-10(14)18-11(17-6)19-15-5-7-8(12)3-2-4-9(7)13/h2-5H,1H3,(H3,14,16,17,18,19)/b15-5+. The molecule has 0 aliphatic rings. The number of nitrogens with two attached hydrogens (primary N) is 1. The molecule has 2 rings (SSSR count). The Kier molecular flexibility index (Phi) is 3.86. The SMILES string of the molecule is Cc1nc(N)nc(N/N=C/c2c(F)cccc2Cl)n1. The lowest BCUT2D eigenvalue weighted by molar-refractivity contribution is 0.626. The Hall–Kier alpha value is -2.28. The van der Waals surface area contributed by atoms with Crippen LogP contribution in [0, 0.1) is 12.7 Å². The Morgan fingerprint density at radius 1 is 1.37 bits per heavy atom. The molecule has 0 aliphatic carbocycles. The third kappa shape index (κ3) is 3.35. The second-order valence-corrected chi connectivity index (χ2v) is 3.98. The average Bonchev–Trinajstić information content (AvgIpc) is 2.32. The molecule has 0 spiro atoms. The molecule has 0 atom stereocenters. The lowest BCUT2D eigenvalue weighted by Gasteiger charge is -2.01. The van der Waals surface area contributed by atoms with Gasteiger partial charge in [-0.05, 0) is 19.1 Å². The molecule has 0 unspecified atom stereocenters. The molecule has 0 bridgehead atoms. The van der Waals surface area contributed by atoms with Gasteiger partial charge >= 0.3 is 0 Å². The number of hydrogen-bond acceptors (Lipinski definition) is 6. The number of hydrazone groups is 1. The van der Waals surface area contributed by atoms with Crippen LogP contribution in [0.3, 0.4) is 0 Å². The third-order valence-electron chi connectivity index (χ3n) is 2.12. The lowest BCUT2D eigenvalue weighted by atomic mass is 10.2. The van der Waals surface area contributed by atoms with E-state index in [0.717, 1.165) is 0 Å². The fourth-order valence-corrected chi connectivity index (χ4v) is 1.55. The normalized spacial score (nSPS) is 10.9. The first-order chi connectivity index (χ1) is 9.06. The van der Waals surface area contributed by atoms with Crippen molar-refractivity contribution >= 4 is 29.7 Å². The van der Waals surface area contributed by atoms with Gasteiger partial charge < -0.3 is 5.73 Å². The van der Waals surface area contributed by atoms with Crippen LogP contribution in [0.1, 0.15) is 11.4 Å². The van der Waals surface area contributed by atoms with E-state index in [1.165, 1.54) is 18.3 Å². The molecule has 0 radical (unpaired) electrons. The fraction of sp³-hybridized carbons (Fsp3) is 0.0909. The van der Waals surface area contributed by atoms with E-state index in [-0.39, 0.29) is 22.5 Å². The predicted octanol–water partition coefficient (Wildman–Crippen LogP) is 2.00. The van der Waals surface area contributed by atoms with Gasteiger partial charge in [0.15, 0.2) is 0 Å². The van der Waals surface area contributed by atoms with Gasteiger partial charge in [-0.15, -0.1) is 0 Å². The topological polar surface area (TPSA) is 89.1 Å². The maximum atomic E-state index is 13.4. The quantitative estimate of drug-likeness (QED) is 0.663. The molecule has 8 heteroatoms. The van der Waals surface area contributed by atoms with Gasteiger partial charge in [-0.25, -0.2) is 9.82 Å². The molecule has 98 valence electrons. The summed E-state index contributed by atoms with van der Waals surface area (Å²) < 4.78 is 13.4. The molecule has 1 aromatic heterocycles. The van der Waals surface area contributed by atoms with E-state index in [0.29, 0.717) is 5.82 Å². The number of aryl methyl sites for hydroxylation is 1. The Labute approximate surface area is 113 Å². The maximum absolute atomic E-state index is 13.4. The van der Waals surface area contributed by atoms with Gasteiger partial charge in [0.05, 0.1) is 11.2 Å². The Balaban J connectivity index is 2.16. The number of aromatic nitrogens is 3. The highest BCUT2D eigenvalue weighted by molar-refractivity contribution is 6.33. The Morgan fingerprint density at radius 2 is 2.16 bits per heavy atom. The van der Waals surface area contributed by atoms with Crippen LogP contribution in [0.2, 0.25) is 5.02 Å². The number of anilines is 2. The first-order valence-electron chi connectivity index (χ1n) is 5.27. The minimum atomic E-state index is -0.468. The molecule has 0 amide bonds. The number of nitrogens with zero attached hydrogens (tertiary/aromatic N) is 4. The molecule has 0 fully saturated rings. The summed E-state index contributed by atoms with van der Waals surface area (Å²) in [6.45, 7) is 1.67. The summed E-state index contributed by atoms with van der Waals surface area (Å²) in [5, 5.41) is 4.07. The minimum absolute atomic E-state index is 0.0779. The van der Waals surface area contributed by atoms with Gasteiger partial charge in [0, 0.05) is 5.56 Å². The largest absolute Gasteiger partial charge is 0.368 e. The highest BCUT2D eigenvalue weighted by Gasteiger charge is 2.04. The highest BCUT2D eigenvalue weighted by Crippen LogP contribution is 2.16. The van der Waals surface area contributed by atoms with Gasteiger partial charge in [0.1, 0.15) is 11.6 Å². The molecule has 6 nitrogen and oxygen atoms in total. The molecule has 2 aromatic rings. The second-order valence-electron chi connectivity index (χ2n) is 3.57. The molecule has 0 aliphatic heterocycles. The first-order valence-corrected chi connectivity index (χ1v) is 5.65. The van der Waals surface area contributed by atoms with Crippen molar-refractivity contribution in [1.29, 1.82) is 0 Å². The van der Waals surface area contributed by atoms with Gasteiger partial charge in [0.2, 0.25) is 11.9 Å². The molecular formula is C11H10ClFN6. The van der Waals surface area contributed by atoms with E-state index in [9.17, 15) is 4.39 Å². The number of nitrogen functional groups attached to an aromatic ring is 1. The van der Waals surface area contributed by atoms with E-state index in [1.807, 2.05) is 0 Å². The molecule has 1 heterocycles. The monoisotopic (exact) mass is 280 g/mol. The molecule has 3 N–H and O–H groups in total. The van der Waals surface area contributed by atoms with Crippen LogP contribution < -0.4 is 11.2 Å². The summed E-state index contributed by atoms with van der Waals surface area (Å²) in [5.41, 5.74) is 8.16. The van der Waals surface area contributed by atoms with Crippen LogP contribution in [0.5, 0.6) is 0 Å². The van der Waals surface area contributed by atoms with Crippen molar-refractivity contribution in [2.45, 2.75) is 6.92 Å². The molecule has 0 saturated carbocycles. The summed E-state index contributed by atoms with van der Waals surface area (Å²) >= 11 is 5.84. The van der Waals surface area contributed by atoms with Crippen molar-refractivity contribution < 1.29 is 4.39 Å². The summed E-state index contributed by atoms with van der Waals surface area (Å²) in [6.07, 6.45) is 1.24. The van der Waals surface area contributed by atoms with Crippen molar-refractivity contribution in [3.05, 3.63) is 40.4 Å². The van der Waals surface area contributed by atoms with Gasteiger partial charge in [-0.3, -0.25) is 0 Å². The zero-order chi connectivity index (χ0) is 13.8. The zero-order valence-electron chi connectivity index (χ0n) is 9.93. The minimum Gasteiger partial charge on any atom is -0.368 e. The number of benzene rings is 1. The van der Waals surface area contributed by atoms with Crippen molar-refractivity contribution in [1.82, 2.24) is 15.0 Å². The Bertz CT molecular complexity index is 590. The summed E-state index contributed by atoms with van der Waals surface area (Å²) in [4.78, 5) is 11.6. The molecular weight excluding hydrogens is 271 g/mol. The van der Waals surface area contributed by atoms with Crippen LogP contribution >= 0.6 is 11.6 Å². The van der Waals surface area contributed by atoms with E-state index in [2.05, 4.69) is 25.5 Å². The number of halogens is 2. The van der Waals surface area contributed by atoms with Crippen molar-refractivity contribution in [3.8, 4) is 0 Å². The maximum Gasteiger partial charge on any atom is 0.248 e. The number of rotatable bonds is 3. The van der Waals surface area contributed by atoms with E-state index >= 15 is 0 Å². The van der Waals surface area contributed by atoms with E-state index < -0.39 is 5.82 Å². The average molecular weight is 281 g/mol. The first kappa shape index (κ1) is 13.2. The number of nitrogens with one attached hydrogen (secondary N) is 1. The van der Waals surface area contributed by atoms with Crippen molar-refractivity contribution in [3.63, 3.8) is 0 Å². The summed E-state index contributed by atoms with van der Waals surface area (Å²) in [7, 11) is 0. The smallest absolute Gasteiger partial charge is 0.248 e. The number of hydrogen-bond donors (Lipinski definition) is 2. The van der Waals surface area contributed by atoms with Gasteiger partial charge in [0.25, 0.3) is 0 Å². The molecule has 0 saturated heterocycles. The van der Waals surface area contributed by atoms with Crippen LogP contribution in [-0.2, 0) is 0 Å². The summed E-state index contributed by atoms with van der Waals surface area (Å²) in [5.74, 6) is 0.237. The highest BCUT2D eigenvalue weighted by atomic mass is 35.5. The predicted molar refractivity (Wildman–Crippen MR) is 71.6 cm³/mol. The lowest BCUT2D eigenvalue weighted by Crippen LogP contribution is -2.04. The van der Waals surface area contributed by atoms with Crippen molar-refractivity contribution in [2.24, 2.45) is 5.10 Å². The van der Waals surface area contributed by atoms with E-state index in [4.69, 9.17) is 17.3 Å². The molecule has 19 heavy (non-hydrogen) atoms. The van der Waals surface area contributed by atoms with Crippen LogP contribution in [-0.4, -0.2) is 21.2 Å². The fourth-order valence-electron chi connectivity index (χ4n) is 1.34. The summed E-state index contributed by atoms with van der Waals surface area (Å²) in [6, 6.07) is 4.37. The van der Waals surface area contributed by atoms with Crippen LogP contribution in [0.4, 0.5) is 16.3 Å². The van der Waals surface area contributed by atoms with Crippen molar-refractivity contribution in [2.75, 3.05) is 11.2 Å². The zero-order valence-corrected chi connectivity index (χ0v) is 10.7. The van der Waals surface area contributed by atoms with Crippen LogP contribution in [0.15, 0.2) is 23.3 Å². The second kappa shape index (κ2) is 5.57. The van der Waals surface area contributed by atoms with Crippen LogP contribution in [0.25, 0.3) is 0 Å². The van der Waals surface area contributed by atoms with Gasteiger partial charge in [-0.2, -0.15) is 20.1 Å². The molecule has 1 aromatic carbocycles.